The van der Waals surface area contributed by atoms with Gasteiger partial charge in [-0.2, -0.15) is 0 Å². The number of carbonyl (C=O) groups is 1. The number of hydrogen-bond acceptors (Lipinski definition) is 5. The zero-order valence-corrected chi connectivity index (χ0v) is 12.0. The molecule has 2 N–H and O–H groups in total. The van der Waals surface area contributed by atoms with Crippen molar-refractivity contribution in [3.05, 3.63) is 24.3 Å². The largest absolute Gasteiger partial charge is 0.425 e. The Kier molecular flexibility index (Phi) is 3.66. The number of nitrogens with zero attached hydrogens (tertiary/aromatic N) is 4. The summed E-state index contributed by atoms with van der Waals surface area (Å²) in [4.78, 5) is 19.8. The standard InChI is InChI=1S/C14H19N5O2/c1-17-8-9-18(10-13(17)20)7-6-15-14-16-11-4-2-3-5-12(11)19(14)21/h2-5,21H,6-10H2,1H3,(H,15,16). The topological polar surface area (TPSA) is 73.6 Å². The van der Waals surface area contributed by atoms with Crippen LogP contribution in [0.25, 0.3) is 11.0 Å². The van der Waals surface area contributed by atoms with Crippen LogP contribution in [0.5, 0.6) is 0 Å². The molecule has 0 saturated carbocycles. The van der Waals surface area contributed by atoms with E-state index in [1.54, 1.807) is 4.90 Å². The molecule has 2 aromatic rings. The number of aromatic nitrogens is 2. The van der Waals surface area contributed by atoms with Gasteiger partial charge >= 0.3 is 0 Å². The number of rotatable bonds is 4. The van der Waals surface area contributed by atoms with E-state index in [4.69, 9.17) is 0 Å². The molecule has 1 amide bonds. The molecule has 3 rings (SSSR count). The first kappa shape index (κ1) is 13.7. The predicted molar refractivity (Wildman–Crippen MR) is 79.5 cm³/mol. The second kappa shape index (κ2) is 5.61. The highest BCUT2D eigenvalue weighted by atomic mass is 16.5. The minimum atomic E-state index is 0.149. The van der Waals surface area contributed by atoms with Gasteiger partial charge in [-0.3, -0.25) is 9.69 Å². The number of likely N-dealkylation sites (N-methyl/N-ethyl adjacent to an activating group) is 1. The summed E-state index contributed by atoms with van der Waals surface area (Å²) in [6.07, 6.45) is 0. The summed E-state index contributed by atoms with van der Waals surface area (Å²) in [7, 11) is 1.83. The van der Waals surface area contributed by atoms with E-state index in [9.17, 15) is 10.0 Å². The third-order valence-corrected chi connectivity index (χ3v) is 3.78. The summed E-state index contributed by atoms with van der Waals surface area (Å²) >= 11 is 0. The molecule has 1 aliphatic rings. The van der Waals surface area contributed by atoms with Crippen molar-refractivity contribution in [1.82, 2.24) is 19.5 Å². The number of benzene rings is 1. The van der Waals surface area contributed by atoms with Crippen LogP contribution in [0.3, 0.4) is 0 Å². The van der Waals surface area contributed by atoms with Gasteiger partial charge in [0, 0.05) is 33.2 Å². The highest BCUT2D eigenvalue weighted by Crippen LogP contribution is 2.16. The fourth-order valence-electron chi connectivity index (χ4n) is 2.45. The van der Waals surface area contributed by atoms with Crippen molar-refractivity contribution < 1.29 is 10.0 Å². The Bertz CT molecular complexity index is 654. The lowest BCUT2D eigenvalue weighted by Gasteiger charge is -2.31. The zero-order chi connectivity index (χ0) is 14.8. The van der Waals surface area contributed by atoms with Crippen LogP contribution in [0.15, 0.2) is 24.3 Å². The summed E-state index contributed by atoms with van der Waals surface area (Å²) in [5, 5.41) is 13.1. The molecule has 0 radical (unpaired) electrons. The molecule has 21 heavy (non-hydrogen) atoms. The highest BCUT2D eigenvalue weighted by Gasteiger charge is 2.20. The van der Waals surface area contributed by atoms with Gasteiger partial charge < -0.3 is 15.4 Å². The van der Waals surface area contributed by atoms with E-state index >= 15 is 0 Å². The van der Waals surface area contributed by atoms with E-state index in [2.05, 4.69) is 15.2 Å². The Hall–Kier alpha value is -2.28. The summed E-state index contributed by atoms with van der Waals surface area (Å²) in [5.74, 6) is 0.576. The smallest absolute Gasteiger partial charge is 0.237 e. The molecule has 2 heterocycles. The predicted octanol–water partition coefficient (Wildman–Crippen LogP) is 0.459. The van der Waals surface area contributed by atoms with Crippen molar-refractivity contribution in [2.24, 2.45) is 0 Å². The lowest BCUT2D eigenvalue weighted by Crippen LogP contribution is -2.49. The maximum atomic E-state index is 11.6. The fraction of sp³-hybridized carbons (Fsp3) is 0.429. The van der Waals surface area contributed by atoms with Gasteiger partial charge in [-0.25, -0.2) is 4.98 Å². The molecule has 0 unspecified atom stereocenters. The average Bonchev–Trinajstić information content (AvgIpc) is 2.80. The number of anilines is 1. The van der Waals surface area contributed by atoms with Gasteiger partial charge in [-0.05, 0) is 12.1 Å². The normalized spacial score (nSPS) is 16.6. The van der Waals surface area contributed by atoms with E-state index in [-0.39, 0.29) is 5.91 Å². The minimum Gasteiger partial charge on any atom is -0.425 e. The van der Waals surface area contributed by atoms with Gasteiger partial charge in [0.2, 0.25) is 11.9 Å². The molecular formula is C14H19N5O2. The van der Waals surface area contributed by atoms with Crippen molar-refractivity contribution in [1.29, 1.82) is 0 Å². The molecule has 1 fully saturated rings. The Morgan fingerprint density at radius 2 is 2.14 bits per heavy atom. The van der Waals surface area contributed by atoms with Crippen molar-refractivity contribution in [2.45, 2.75) is 0 Å². The summed E-state index contributed by atoms with van der Waals surface area (Å²) in [6, 6.07) is 7.41. The summed E-state index contributed by atoms with van der Waals surface area (Å²) in [5.41, 5.74) is 1.42. The molecule has 7 heteroatoms. The molecule has 1 aromatic carbocycles. The van der Waals surface area contributed by atoms with E-state index in [0.29, 0.717) is 24.6 Å². The monoisotopic (exact) mass is 289 g/mol. The van der Waals surface area contributed by atoms with Crippen LogP contribution < -0.4 is 5.32 Å². The quantitative estimate of drug-likeness (QED) is 0.800. The molecule has 0 spiro atoms. The third kappa shape index (κ3) is 2.78. The number of amides is 1. The number of carbonyl (C=O) groups excluding carboxylic acids is 1. The van der Waals surface area contributed by atoms with Crippen molar-refractivity contribution >= 4 is 22.9 Å². The number of fused-ring (bicyclic) bond motifs is 1. The second-order valence-electron chi connectivity index (χ2n) is 5.25. The molecule has 1 aromatic heterocycles. The van der Waals surface area contributed by atoms with Gasteiger partial charge in [0.1, 0.15) is 5.52 Å². The fourth-order valence-corrected chi connectivity index (χ4v) is 2.45. The second-order valence-corrected chi connectivity index (χ2v) is 5.25. The number of piperazine rings is 1. The lowest BCUT2D eigenvalue weighted by atomic mass is 10.3. The van der Waals surface area contributed by atoms with Crippen LogP contribution in [0.2, 0.25) is 0 Å². The first-order valence-corrected chi connectivity index (χ1v) is 7.02. The molecule has 0 aliphatic carbocycles. The number of imidazole rings is 1. The van der Waals surface area contributed by atoms with Gasteiger partial charge in [0.25, 0.3) is 0 Å². The third-order valence-electron chi connectivity index (χ3n) is 3.78. The van der Waals surface area contributed by atoms with Crippen LogP contribution >= 0.6 is 0 Å². The summed E-state index contributed by atoms with van der Waals surface area (Å²) < 4.78 is 1.06. The Balaban J connectivity index is 1.57. The molecule has 0 atom stereocenters. The van der Waals surface area contributed by atoms with Gasteiger partial charge in [0.15, 0.2) is 0 Å². The minimum absolute atomic E-state index is 0.149. The maximum absolute atomic E-state index is 11.6. The number of para-hydroxylation sites is 2. The van der Waals surface area contributed by atoms with Crippen molar-refractivity contribution in [3.8, 4) is 0 Å². The molecule has 7 nitrogen and oxygen atoms in total. The lowest BCUT2D eigenvalue weighted by molar-refractivity contribution is -0.134. The summed E-state index contributed by atoms with van der Waals surface area (Å²) in [6.45, 7) is 3.45. The molecule has 112 valence electrons. The maximum Gasteiger partial charge on any atom is 0.237 e. The first-order valence-electron chi connectivity index (χ1n) is 7.02. The van der Waals surface area contributed by atoms with E-state index in [1.807, 2.05) is 31.3 Å². The average molecular weight is 289 g/mol. The Labute approximate surface area is 122 Å². The van der Waals surface area contributed by atoms with Crippen LogP contribution in [0, 0.1) is 0 Å². The Morgan fingerprint density at radius 3 is 2.90 bits per heavy atom. The number of hydrogen-bond donors (Lipinski definition) is 2. The van der Waals surface area contributed by atoms with Gasteiger partial charge in [0.05, 0.1) is 12.1 Å². The number of nitrogens with one attached hydrogen (secondary N) is 1. The van der Waals surface area contributed by atoms with Crippen LogP contribution in [0.4, 0.5) is 5.95 Å². The van der Waals surface area contributed by atoms with E-state index in [0.717, 1.165) is 29.9 Å². The van der Waals surface area contributed by atoms with Crippen molar-refractivity contribution in [2.75, 3.05) is 45.1 Å². The highest BCUT2D eigenvalue weighted by molar-refractivity contribution is 5.79. The van der Waals surface area contributed by atoms with Crippen LogP contribution in [0.1, 0.15) is 0 Å². The SMILES string of the molecule is CN1CCN(CCNc2nc3ccccc3n2O)CC1=O. The molecule has 0 bridgehead atoms. The van der Waals surface area contributed by atoms with E-state index in [1.165, 1.54) is 0 Å². The van der Waals surface area contributed by atoms with Crippen LogP contribution in [-0.4, -0.2) is 70.4 Å². The van der Waals surface area contributed by atoms with Gasteiger partial charge in [-0.15, -0.1) is 4.73 Å². The molecular weight excluding hydrogens is 270 g/mol. The van der Waals surface area contributed by atoms with E-state index < -0.39 is 0 Å². The van der Waals surface area contributed by atoms with Crippen LogP contribution in [-0.2, 0) is 4.79 Å². The Morgan fingerprint density at radius 1 is 1.33 bits per heavy atom. The van der Waals surface area contributed by atoms with Gasteiger partial charge in [-0.1, -0.05) is 12.1 Å². The first-order chi connectivity index (χ1) is 10.1. The zero-order valence-electron chi connectivity index (χ0n) is 12.0. The van der Waals surface area contributed by atoms with Crippen molar-refractivity contribution in [3.63, 3.8) is 0 Å². The molecule has 1 saturated heterocycles. The molecule has 1 aliphatic heterocycles.